The van der Waals surface area contributed by atoms with Crippen molar-refractivity contribution in [3.63, 3.8) is 0 Å². The highest BCUT2D eigenvalue weighted by atomic mass is 19.4. The third-order valence-corrected chi connectivity index (χ3v) is 7.46. The highest BCUT2D eigenvalue weighted by molar-refractivity contribution is 5.99. The number of hydrogen-bond acceptors (Lipinski definition) is 4. The molecule has 6 nitrogen and oxygen atoms in total. The van der Waals surface area contributed by atoms with Gasteiger partial charge in [0.1, 0.15) is 5.69 Å². The van der Waals surface area contributed by atoms with Crippen LogP contribution in [0.15, 0.2) is 66.9 Å². The maximum absolute atomic E-state index is 13.0. The van der Waals surface area contributed by atoms with E-state index in [0.29, 0.717) is 19.4 Å². The van der Waals surface area contributed by atoms with Crippen molar-refractivity contribution < 1.29 is 35.9 Å². The van der Waals surface area contributed by atoms with Gasteiger partial charge in [-0.2, -0.15) is 26.3 Å². The molecule has 3 aromatic rings. The van der Waals surface area contributed by atoms with E-state index in [-0.39, 0.29) is 18.5 Å². The van der Waals surface area contributed by atoms with Crippen LogP contribution < -0.4 is 11.1 Å². The largest absolute Gasteiger partial charge is 0.416 e. The van der Waals surface area contributed by atoms with Gasteiger partial charge in [-0.15, -0.1) is 0 Å². The van der Waals surface area contributed by atoms with E-state index in [4.69, 9.17) is 5.73 Å². The van der Waals surface area contributed by atoms with Crippen LogP contribution in [0.3, 0.4) is 0 Å². The number of halogens is 6. The van der Waals surface area contributed by atoms with Gasteiger partial charge in [0.25, 0.3) is 5.91 Å². The number of rotatable bonds is 12. The second-order valence-electron chi connectivity index (χ2n) is 10.6. The number of alkyl halides is 6. The number of hydrogen-bond donors (Lipinski definition) is 2. The molecule has 1 aliphatic carbocycles. The van der Waals surface area contributed by atoms with Crippen LogP contribution >= 0.6 is 0 Å². The van der Waals surface area contributed by atoms with E-state index >= 15 is 0 Å². The molecular formula is C34H42F6N4O2. The number of aromatic nitrogens is 1. The zero-order valence-electron chi connectivity index (χ0n) is 26.6. The van der Waals surface area contributed by atoms with E-state index in [0.717, 1.165) is 73.1 Å². The van der Waals surface area contributed by atoms with E-state index in [2.05, 4.69) is 22.1 Å². The fourth-order valence-electron chi connectivity index (χ4n) is 5.46. The molecule has 1 aliphatic rings. The summed E-state index contributed by atoms with van der Waals surface area (Å²) in [7, 11) is 0. The van der Waals surface area contributed by atoms with E-state index in [1.165, 1.54) is 0 Å². The Labute approximate surface area is 266 Å². The molecule has 0 saturated carbocycles. The molecule has 12 heteroatoms. The van der Waals surface area contributed by atoms with Crippen molar-refractivity contribution in [1.29, 1.82) is 0 Å². The number of fused-ring (bicyclic) bond motifs is 3. The standard InChI is InChI=1S/C30H33F3N4O2.C2H3F3.C2H6/c1-2-37(19-9-16-36-27(38)26-20-21(14-17-35-26)30(31,32)33)18-8-7-15-29(28(34)39)24-12-5-3-10-22(24)23-11-4-6-13-25(23)29;1-2(3,4)5;1-2/h3-6,10-14,17,20H,2,7-9,15-16,18-19H2,1H3,(H2,34,39)(H,36,38);1H3;1-2H3. The normalized spacial score (nSPS) is 13.0. The number of carbonyl (C=O) groups excluding carboxylic acids is 2. The van der Waals surface area contributed by atoms with Gasteiger partial charge in [0.15, 0.2) is 0 Å². The molecule has 0 atom stereocenters. The maximum Gasteiger partial charge on any atom is 0.416 e. The van der Waals surface area contributed by atoms with Crippen molar-refractivity contribution in [1.82, 2.24) is 15.2 Å². The van der Waals surface area contributed by atoms with Crippen molar-refractivity contribution in [2.45, 2.75) is 71.1 Å². The van der Waals surface area contributed by atoms with Gasteiger partial charge in [-0.25, -0.2) is 0 Å². The third kappa shape index (κ3) is 10.3. The van der Waals surface area contributed by atoms with Crippen LogP contribution in [-0.4, -0.2) is 54.1 Å². The van der Waals surface area contributed by atoms with Gasteiger partial charge in [-0.3, -0.25) is 14.6 Å². The highest BCUT2D eigenvalue weighted by Gasteiger charge is 2.47. The molecule has 252 valence electrons. The molecule has 1 heterocycles. The van der Waals surface area contributed by atoms with Crippen LogP contribution in [0.25, 0.3) is 11.1 Å². The molecule has 46 heavy (non-hydrogen) atoms. The fraction of sp³-hybridized carbons (Fsp3) is 0.441. The van der Waals surface area contributed by atoms with Crippen LogP contribution in [0, 0.1) is 0 Å². The van der Waals surface area contributed by atoms with Crippen molar-refractivity contribution >= 4 is 11.8 Å². The Morgan fingerprint density at radius 1 is 0.870 bits per heavy atom. The predicted octanol–water partition coefficient (Wildman–Crippen LogP) is 7.76. The Hall–Kier alpha value is -3.93. The van der Waals surface area contributed by atoms with Crippen LogP contribution in [0.4, 0.5) is 26.3 Å². The third-order valence-electron chi connectivity index (χ3n) is 7.46. The quantitative estimate of drug-likeness (QED) is 0.155. The molecule has 2 amide bonds. The van der Waals surface area contributed by atoms with Gasteiger partial charge in [0.2, 0.25) is 5.91 Å². The molecule has 0 fully saturated rings. The van der Waals surface area contributed by atoms with E-state index in [1.807, 2.05) is 62.4 Å². The first kappa shape index (κ1) is 38.3. The number of pyridine rings is 1. The molecule has 0 bridgehead atoms. The zero-order valence-corrected chi connectivity index (χ0v) is 26.6. The topological polar surface area (TPSA) is 88.3 Å². The summed E-state index contributed by atoms with van der Waals surface area (Å²) in [6.45, 7) is 8.92. The number of benzene rings is 2. The van der Waals surface area contributed by atoms with Crippen molar-refractivity contribution in [2.24, 2.45) is 5.73 Å². The molecule has 0 saturated heterocycles. The molecule has 2 aromatic carbocycles. The maximum atomic E-state index is 13.0. The molecule has 4 rings (SSSR count). The summed E-state index contributed by atoms with van der Waals surface area (Å²) in [6.07, 6.45) is -4.60. The van der Waals surface area contributed by atoms with E-state index < -0.39 is 29.2 Å². The summed E-state index contributed by atoms with van der Waals surface area (Å²) >= 11 is 0. The lowest BCUT2D eigenvalue weighted by atomic mass is 9.73. The Morgan fingerprint density at radius 3 is 1.89 bits per heavy atom. The summed E-state index contributed by atoms with van der Waals surface area (Å²) in [5.41, 5.74) is 8.13. The monoisotopic (exact) mass is 652 g/mol. The minimum absolute atomic E-state index is 0.188. The van der Waals surface area contributed by atoms with Gasteiger partial charge in [0.05, 0.1) is 11.0 Å². The first-order chi connectivity index (χ1) is 21.7. The Balaban J connectivity index is 0.000000959. The molecule has 1 aromatic heterocycles. The van der Waals surface area contributed by atoms with Crippen molar-refractivity contribution in [3.05, 3.63) is 89.2 Å². The van der Waals surface area contributed by atoms with E-state index in [1.54, 1.807) is 0 Å². The average Bonchev–Trinajstić information content (AvgIpc) is 3.31. The van der Waals surface area contributed by atoms with Gasteiger partial charge in [-0.1, -0.05) is 75.7 Å². The summed E-state index contributed by atoms with van der Waals surface area (Å²) in [5.74, 6) is -0.962. The van der Waals surface area contributed by atoms with Gasteiger partial charge in [-0.05, 0) is 73.3 Å². The Kier molecular flexibility index (Phi) is 14.2. The SMILES string of the molecule is CC.CC(F)(F)F.CCN(CCCCC1(C(N)=O)c2ccccc2-c2ccccc21)CCCNC(=O)c1cc(C(F)(F)F)ccn1. The van der Waals surface area contributed by atoms with Crippen LogP contribution in [-0.2, 0) is 16.4 Å². The Morgan fingerprint density at radius 2 is 1.39 bits per heavy atom. The van der Waals surface area contributed by atoms with Crippen LogP contribution in [0.5, 0.6) is 0 Å². The molecule has 0 unspecified atom stereocenters. The molecular weight excluding hydrogens is 610 g/mol. The van der Waals surface area contributed by atoms with Gasteiger partial charge >= 0.3 is 12.4 Å². The second kappa shape index (κ2) is 17.1. The number of nitrogens with zero attached hydrogens (tertiary/aromatic N) is 2. The molecule has 0 aliphatic heterocycles. The lowest BCUT2D eigenvalue weighted by Gasteiger charge is -2.29. The number of unbranched alkanes of at least 4 members (excludes halogenated alkanes) is 1. The first-order valence-electron chi connectivity index (χ1n) is 15.3. The Bertz CT molecular complexity index is 1370. The molecule has 0 spiro atoms. The first-order valence-corrected chi connectivity index (χ1v) is 15.3. The number of amides is 2. The van der Waals surface area contributed by atoms with Gasteiger partial charge < -0.3 is 16.0 Å². The van der Waals surface area contributed by atoms with Crippen molar-refractivity contribution in [2.75, 3.05) is 26.2 Å². The van der Waals surface area contributed by atoms with Crippen LogP contribution in [0.2, 0.25) is 0 Å². The van der Waals surface area contributed by atoms with Crippen LogP contribution in [0.1, 0.15) is 80.6 Å². The van der Waals surface area contributed by atoms with Crippen molar-refractivity contribution in [3.8, 4) is 11.1 Å². The summed E-state index contributed by atoms with van der Waals surface area (Å²) in [6, 6.07) is 17.5. The molecule has 3 N–H and O–H groups in total. The van der Waals surface area contributed by atoms with E-state index in [9.17, 15) is 35.9 Å². The smallest absolute Gasteiger partial charge is 0.369 e. The minimum Gasteiger partial charge on any atom is -0.369 e. The summed E-state index contributed by atoms with van der Waals surface area (Å²) < 4.78 is 69.7. The fourth-order valence-corrected chi connectivity index (χ4v) is 5.46. The lowest BCUT2D eigenvalue weighted by molar-refractivity contribution is -0.137. The zero-order chi connectivity index (χ0) is 34.5. The number of nitrogens with two attached hydrogens (primary N) is 1. The second-order valence-corrected chi connectivity index (χ2v) is 10.6. The molecule has 0 radical (unpaired) electrons. The summed E-state index contributed by atoms with van der Waals surface area (Å²) in [4.78, 5) is 31.2. The highest BCUT2D eigenvalue weighted by Crippen LogP contribution is 2.51. The predicted molar refractivity (Wildman–Crippen MR) is 167 cm³/mol. The number of nitrogens with one attached hydrogen (secondary N) is 1. The lowest BCUT2D eigenvalue weighted by Crippen LogP contribution is -2.41. The number of primary amides is 1. The van der Waals surface area contributed by atoms with Gasteiger partial charge in [0, 0.05) is 19.7 Å². The minimum atomic E-state index is -4.53. The number of carbonyl (C=O) groups is 2. The summed E-state index contributed by atoms with van der Waals surface area (Å²) in [5, 5.41) is 2.65. The average molecular weight is 653 g/mol.